The molecule has 4 heteroatoms. The molecule has 0 atom stereocenters. The van der Waals surface area contributed by atoms with E-state index < -0.39 is 0 Å². The molecule has 4 rings (SSSR count). The van der Waals surface area contributed by atoms with Gasteiger partial charge in [-0.15, -0.1) is 47.0 Å². The molecule has 0 saturated carbocycles. The van der Waals surface area contributed by atoms with E-state index in [1.54, 1.807) is 0 Å². The zero-order valence-corrected chi connectivity index (χ0v) is 16.9. The monoisotopic (exact) mass is 398 g/mol. The first kappa shape index (κ1) is 17.5. The van der Waals surface area contributed by atoms with Gasteiger partial charge in [-0.3, -0.25) is 0 Å². The Hall–Kier alpha value is -0.940. The second-order valence-corrected chi connectivity index (χ2v) is 10.5. The van der Waals surface area contributed by atoms with Crippen LogP contribution in [0.5, 0.6) is 0 Å². The summed E-state index contributed by atoms with van der Waals surface area (Å²) in [5.74, 6) is 2.44. The minimum absolute atomic E-state index is 1.07. The molecule has 0 nitrogen and oxygen atoms in total. The molecule has 2 saturated heterocycles. The summed E-state index contributed by atoms with van der Waals surface area (Å²) in [6.07, 6.45) is 4.70. The molecular formula is C21H18S4. The van der Waals surface area contributed by atoms with Crippen LogP contribution in [0.1, 0.15) is 11.1 Å². The molecule has 2 fully saturated rings. The first-order chi connectivity index (χ1) is 12.4. The van der Waals surface area contributed by atoms with Crippen molar-refractivity contribution in [1.29, 1.82) is 0 Å². The predicted octanol–water partition coefficient (Wildman–Crippen LogP) is 7.20. The lowest BCUT2D eigenvalue weighted by molar-refractivity contribution is 1.59. The third-order valence-corrected chi connectivity index (χ3v) is 8.79. The van der Waals surface area contributed by atoms with Crippen LogP contribution in [-0.4, -0.2) is 16.6 Å². The summed E-state index contributed by atoms with van der Waals surface area (Å²) in [4.78, 5) is 2.81. The van der Waals surface area contributed by atoms with E-state index in [0.29, 0.717) is 0 Å². The fourth-order valence-corrected chi connectivity index (χ4v) is 8.03. The third-order valence-electron chi connectivity index (χ3n) is 3.87. The Morgan fingerprint density at radius 1 is 0.600 bits per heavy atom. The molecule has 0 bridgehead atoms. The number of allylic oxidation sites excluding steroid dienone is 2. The molecule has 2 aromatic rings. The van der Waals surface area contributed by atoms with E-state index in [1.807, 2.05) is 47.0 Å². The van der Waals surface area contributed by atoms with Gasteiger partial charge in [-0.05, 0) is 23.3 Å². The first-order valence-corrected chi connectivity index (χ1v) is 12.1. The zero-order chi connectivity index (χ0) is 16.9. The Morgan fingerprint density at radius 3 is 1.56 bits per heavy atom. The van der Waals surface area contributed by atoms with Crippen molar-refractivity contribution >= 4 is 59.2 Å². The van der Waals surface area contributed by atoms with Crippen LogP contribution in [0.3, 0.4) is 0 Å². The van der Waals surface area contributed by atoms with Gasteiger partial charge in [0.25, 0.3) is 0 Å². The second-order valence-electron chi connectivity index (χ2n) is 5.60. The second kappa shape index (κ2) is 8.63. The van der Waals surface area contributed by atoms with Crippen LogP contribution in [0.15, 0.2) is 80.3 Å². The van der Waals surface area contributed by atoms with E-state index >= 15 is 0 Å². The van der Waals surface area contributed by atoms with Crippen LogP contribution in [0.2, 0.25) is 0 Å². The van der Waals surface area contributed by atoms with Gasteiger partial charge in [0.15, 0.2) is 0 Å². The number of benzene rings is 2. The molecule has 0 spiro atoms. The fraction of sp³-hybridized carbons (Fsp3) is 0.143. The molecule has 0 N–H and O–H groups in total. The lowest BCUT2D eigenvalue weighted by atomic mass is 10.1. The van der Waals surface area contributed by atoms with Gasteiger partial charge in [0.1, 0.15) is 0 Å². The average Bonchev–Trinajstić information content (AvgIpc) is 3.18. The summed E-state index contributed by atoms with van der Waals surface area (Å²) in [7, 11) is 0. The van der Waals surface area contributed by atoms with E-state index in [4.69, 9.17) is 0 Å². The average molecular weight is 399 g/mol. The third kappa shape index (κ3) is 4.43. The van der Waals surface area contributed by atoms with Gasteiger partial charge >= 0.3 is 0 Å². The Kier molecular flexibility index (Phi) is 6.03. The predicted molar refractivity (Wildman–Crippen MR) is 121 cm³/mol. The number of hydrogen-bond donors (Lipinski definition) is 0. The van der Waals surface area contributed by atoms with Crippen LogP contribution < -0.4 is 0 Å². The standard InChI is InChI=1S/C21H18S4/c1-3-7-16(8-4-1)13-18-20(21-22-11-12-23-21)19(25-15-24-18)14-17-9-5-2-6-10-17/h1-10,13-14H,11-12,15H2. The van der Waals surface area contributed by atoms with Gasteiger partial charge in [-0.1, -0.05) is 60.7 Å². The van der Waals surface area contributed by atoms with Gasteiger partial charge in [0, 0.05) is 36.2 Å². The summed E-state index contributed by atoms with van der Waals surface area (Å²) in [5, 5.41) is 1.07. The number of thioether (sulfide) groups is 4. The Morgan fingerprint density at radius 2 is 1.08 bits per heavy atom. The van der Waals surface area contributed by atoms with Gasteiger partial charge in [0.05, 0.1) is 0 Å². The van der Waals surface area contributed by atoms with Crippen LogP contribution in [0, 0.1) is 0 Å². The molecule has 126 valence electrons. The maximum absolute atomic E-state index is 2.35. The van der Waals surface area contributed by atoms with Crippen LogP contribution in [0.25, 0.3) is 12.2 Å². The Labute approximate surface area is 166 Å². The minimum Gasteiger partial charge on any atom is -0.118 e. The lowest BCUT2D eigenvalue weighted by Gasteiger charge is -2.23. The fourth-order valence-electron chi connectivity index (χ4n) is 2.71. The van der Waals surface area contributed by atoms with Crippen molar-refractivity contribution in [1.82, 2.24) is 0 Å². The highest BCUT2D eigenvalue weighted by Gasteiger charge is 2.25. The maximum Gasteiger partial charge on any atom is 0.0497 e. The highest BCUT2D eigenvalue weighted by molar-refractivity contribution is 8.25. The first-order valence-electron chi connectivity index (χ1n) is 8.20. The summed E-state index contributed by atoms with van der Waals surface area (Å²) < 4.78 is 1.49. The van der Waals surface area contributed by atoms with Crippen molar-refractivity contribution in [2.75, 3.05) is 16.6 Å². The van der Waals surface area contributed by atoms with Gasteiger partial charge in [0.2, 0.25) is 0 Å². The Balaban J connectivity index is 1.78. The van der Waals surface area contributed by atoms with Crippen molar-refractivity contribution in [2.45, 2.75) is 0 Å². The molecular weight excluding hydrogens is 380 g/mol. The van der Waals surface area contributed by atoms with Crippen molar-refractivity contribution in [3.8, 4) is 0 Å². The molecule has 2 aromatic carbocycles. The zero-order valence-electron chi connectivity index (χ0n) is 13.7. The largest absolute Gasteiger partial charge is 0.118 e. The highest BCUT2D eigenvalue weighted by atomic mass is 32.2. The molecule has 2 heterocycles. The van der Waals surface area contributed by atoms with Crippen molar-refractivity contribution in [3.63, 3.8) is 0 Å². The molecule has 0 amide bonds. The number of hydrogen-bond acceptors (Lipinski definition) is 4. The van der Waals surface area contributed by atoms with Crippen molar-refractivity contribution in [2.24, 2.45) is 0 Å². The smallest absolute Gasteiger partial charge is 0.0497 e. The molecule has 25 heavy (non-hydrogen) atoms. The van der Waals surface area contributed by atoms with Crippen LogP contribution in [0.4, 0.5) is 0 Å². The minimum atomic E-state index is 1.07. The van der Waals surface area contributed by atoms with Crippen molar-refractivity contribution < 1.29 is 0 Å². The van der Waals surface area contributed by atoms with E-state index in [2.05, 4.69) is 72.8 Å². The van der Waals surface area contributed by atoms with E-state index in [0.717, 1.165) is 5.08 Å². The van der Waals surface area contributed by atoms with Crippen molar-refractivity contribution in [3.05, 3.63) is 91.4 Å². The quantitative estimate of drug-likeness (QED) is 0.524. The highest BCUT2D eigenvalue weighted by Crippen LogP contribution is 2.52. The van der Waals surface area contributed by atoms with E-state index in [1.165, 1.54) is 42.3 Å². The maximum atomic E-state index is 2.35. The lowest BCUT2D eigenvalue weighted by Crippen LogP contribution is -1.98. The van der Waals surface area contributed by atoms with Crippen LogP contribution in [-0.2, 0) is 0 Å². The molecule has 0 unspecified atom stereocenters. The summed E-state index contributed by atoms with van der Waals surface area (Å²) >= 11 is 7.96. The SMILES string of the molecule is C(=C1SCSC(=Cc2ccccc2)C1=C1SCCS1)c1ccccc1. The summed E-state index contributed by atoms with van der Waals surface area (Å²) in [6, 6.07) is 21.4. The van der Waals surface area contributed by atoms with Gasteiger partial charge < -0.3 is 0 Å². The van der Waals surface area contributed by atoms with Gasteiger partial charge in [-0.2, -0.15) is 0 Å². The topological polar surface area (TPSA) is 0 Å². The van der Waals surface area contributed by atoms with E-state index in [-0.39, 0.29) is 0 Å². The number of rotatable bonds is 2. The van der Waals surface area contributed by atoms with Gasteiger partial charge in [-0.25, -0.2) is 0 Å². The molecule has 0 aromatic heterocycles. The summed E-state index contributed by atoms with van der Waals surface area (Å²) in [5.41, 5.74) is 4.01. The molecule has 2 aliphatic rings. The molecule has 0 radical (unpaired) electrons. The normalized spacial score (nSPS) is 21.3. The van der Waals surface area contributed by atoms with E-state index in [9.17, 15) is 0 Å². The molecule has 2 aliphatic heterocycles. The Bertz CT molecular complexity index is 752. The van der Waals surface area contributed by atoms with Crippen LogP contribution >= 0.6 is 47.0 Å². The summed E-state index contributed by atoms with van der Waals surface area (Å²) in [6.45, 7) is 0. The molecule has 0 aliphatic carbocycles.